The molecule has 25 heavy (non-hydrogen) atoms. The zero-order valence-electron chi connectivity index (χ0n) is 13.8. The molecule has 136 valence electrons. The molecular weight excluding hydrogens is 355 g/mol. The number of alkyl halides is 3. The Kier molecular flexibility index (Phi) is 6.52. The van der Waals surface area contributed by atoms with Gasteiger partial charge in [0.2, 0.25) is 17.4 Å². The smallest absolute Gasteiger partial charge is 0.416 e. The number of carbonyl (C=O) groups excluding carboxylic acids is 1. The number of ether oxygens (including phenoxy) is 2. The van der Waals surface area contributed by atoms with Crippen LogP contribution in [0.5, 0.6) is 0 Å². The van der Waals surface area contributed by atoms with Crippen LogP contribution >= 0.6 is 11.8 Å². The number of nitrogens with zero attached hydrogens (tertiary/aromatic N) is 1. The van der Waals surface area contributed by atoms with Gasteiger partial charge >= 0.3 is 6.18 Å². The second kappa shape index (κ2) is 8.42. The van der Waals surface area contributed by atoms with Gasteiger partial charge in [-0.3, -0.25) is 4.79 Å². The van der Waals surface area contributed by atoms with Gasteiger partial charge in [0.1, 0.15) is 12.2 Å². The van der Waals surface area contributed by atoms with Crippen LogP contribution < -0.4 is 0 Å². The van der Waals surface area contributed by atoms with E-state index in [0.29, 0.717) is 12.5 Å². The first-order chi connectivity index (χ1) is 11.9. The fourth-order valence-corrected chi connectivity index (χ4v) is 2.63. The van der Waals surface area contributed by atoms with Crippen LogP contribution in [-0.4, -0.2) is 29.9 Å². The van der Waals surface area contributed by atoms with Crippen molar-refractivity contribution in [2.45, 2.75) is 25.9 Å². The molecule has 1 aliphatic heterocycles. The molecule has 0 aliphatic carbocycles. The average Bonchev–Trinajstić information content (AvgIpc) is 2.88. The Balaban J connectivity index is 2.40. The summed E-state index contributed by atoms with van der Waals surface area (Å²) >= 11 is 1.51. The maximum Gasteiger partial charge on any atom is 0.416 e. The van der Waals surface area contributed by atoms with E-state index in [4.69, 9.17) is 9.47 Å². The fraction of sp³-hybridized carbons (Fsp3) is 0.412. The van der Waals surface area contributed by atoms with Crippen LogP contribution in [0.2, 0.25) is 0 Å². The molecule has 0 saturated carbocycles. The Hall–Kier alpha value is -1.96. The van der Waals surface area contributed by atoms with Gasteiger partial charge in [-0.2, -0.15) is 13.2 Å². The maximum atomic E-state index is 13.0. The van der Waals surface area contributed by atoms with Crippen molar-refractivity contribution in [3.8, 4) is 0 Å². The highest BCUT2D eigenvalue weighted by atomic mass is 32.2. The van der Waals surface area contributed by atoms with E-state index in [-0.39, 0.29) is 17.2 Å². The lowest BCUT2D eigenvalue weighted by Gasteiger charge is -2.11. The number of aliphatic imine (C=N–C) groups is 1. The lowest BCUT2D eigenvalue weighted by molar-refractivity contribution is -0.137. The van der Waals surface area contributed by atoms with Crippen LogP contribution in [0.3, 0.4) is 0 Å². The summed E-state index contributed by atoms with van der Waals surface area (Å²) in [7, 11) is 0. The quantitative estimate of drug-likeness (QED) is 0.422. The van der Waals surface area contributed by atoms with E-state index in [9.17, 15) is 18.0 Å². The molecule has 1 aromatic rings. The minimum Gasteiger partial charge on any atom is -0.497 e. The monoisotopic (exact) mass is 373 g/mol. The topological polar surface area (TPSA) is 47.9 Å². The molecule has 1 heterocycles. The molecule has 0 amide bonds. The van der Waals surface area contributed by atoms with Crippen molar-refractivity contribution >= 4 is 23.4 Å². The van der Waals surface area contributed by atoms with Crippen LogP contribution in [0.15, 0.2) is 41.3 Å². The van der Waals surface area contributed by atoms with E-state index >= 15 is 0 Å². The SMILES string of the molecule is CCOC=C1OC(=NCSCC)C(c2cccc(C(F)(F)F)c2)C1=O. The Morgan fingerprint density at radius 2 is 2.12 bits per heavy atom. The molecule has 1 fully saturated rings. The molecule has 0 radical (unpaired) electrons. The molecule has 1 atom stereocenters. The van der Waals surface area contributed by atoms with E-state index < -0.39 is 23.4 Å². The highest BCUT2D eigenvalue weighted by molar-refractivity contribution is 7.99. The highest BCUT2D eigenvalue weighted by Gasteiger charge is 2.41. The number of ketones is 1. The van der Waals surface area contributed by atoms with Gasteiger partial charge in [-0.1, -0.05) is 25.1 Å². The van der Waals surface area contributed by atoms with Crippen molar-refractivity contribution in [1.82, 2.24) is 0 Å². The summed E-state index contributed by atoms with van der Waals surface area (Å²) in [6.45, 7) is 4.04. The molecular formula is C17H18F3NO3S. The molecule has 1 aliphatic rings. The van der Waals surface area contributed by atoms with Gasteiger partial charge in [0.25, 0.3) is 0 Å². The van der Waals surface area contributed by atoms with Crippen molar-refractivity contribution in [3.63, 3.8) is 0 Å². The van der Waals surface area contributed by atoms with Crippen LogP contribution in [0.25, 0.3) is 0 Å². The third-order valence-corrected chi connectivity index (χ3v) is 4.11. The first-order valence-electron chi connectivity index (χ1n) is 7.71. The van der Waals surface area contributed by atoms with E-state index in [1.165, 1.54) is 30.2 Å². The molecule has 1 unspecified atom stereocenters. The van der Waals surface area contributed by atoms with E-state index in [1.54, 1.807) is 6.92 Å². The number of hydrogen-bond donors (Lipinski definition) is 0. The van der Waals surface area contributed by atoms with Gasteiger partial charge < -0.3 is 9.47 Å². The lowest BCUT2D eigenvalue weighted by atomic mass is 9.94. The fourth-order valence-electron chi connectivity index (χ4n) is 2.23. The molecule has 0 aromatic heterocycles. The second-order valence-corrected chi connectivity index (χ2v) is 6.32. The predicted molar refractivity (Wildman–Crippen MR) is 90.4 cm³/mol. The Bertz CT molecular complexity index is 686. The summed E-state index contributed by atoms with van der Waals surface area (Å²) in [6, 6.07) is 4.66. The number of carbonyl (C=O) groups is 1. The number of thioether (sulfide) groups is 1. The van der Waals surface area contributed by atoms with E-state index in [1.807, 2.05) is 6.92 Å². The maximum absolute atomic E-state index is 13.0. The van der Waals surface area contributed by atoms with Crippen molar-refractivity contribution in [1.29, 1.82) is 0 Å². The minimum absolute atomic E-state index is 0.0514. The summed E-state index contributed by atoms with van der Waals surface area (Å²) in [5.74, 6) is -0.239. The van der Waals surface area contributed by atoms with Gasteiger partial charge in [0.05, 0.1) is 18.0 Å². The van der Waals surface area contributed by atoms with Gasteiger partial charge in [-0.05, 0) is 24.3 Å². The number of halogens is 3. The molecule has 0 bridgehead atoms. The van der Waals surface area contributed by atoms with Crippen LogP contribution in [0.1, 0.15) is 30.9 Å². The van der Waals surface area contributed by atoms with Crippen LogP contribution in [0.4, 0.5) is 13.2 Å². The van der Waals surface area contributed by atoms with Gasteiger partial charge in [-0.15, -0.1) is 11.8 Å². The number of rotatable bonds is 6. The summed E-state index contributed by atoms with van der Waals surface area (Å²) in [6.07, 6.45) is -3.31. The van der Waals surface area contributed by atoms with E-state index in [2.05, 4.69) is 4.99 Å². The van der Waals surface area contributed by atoms with Crippen LogP contribution in [0, 0.1) is 0 Å². The third-order valence-electron chi connectivity index (χ3n) is 3.39. The Labute approximate surface area is 148 Å². The minimum atomic E-state index is -4.49. The number of benzene rings is 1. The van der Waals surface area contributed by atoms with Crippen molar-refractivity contribution < 1.29 is 27.4 Å². The largest absolute Gasteiger partial charge is 0.497 e. The molecule has 0 spiro atoms. The first kappa shape index (κ1) is 19.4. The summed E-state index contributed by atoms with van der Waals surface area (Å²) in [5.41, 5.74) is -0.623. The van der Waals surface area contributed by atoms with Crippen molar-refractivity contribution in [2.75, 3.05) is 18.2 Å². The first-order valence-corrected chi connectivity index (χ1v) is 8.87. The molecule has 4 nitrogen and oxygen atoms in total. The van der Waals surface area contributed by atoms with Crippen molar-refractivity contribution in [3.05, 3.63) is 47.4 Å². The van der Waals surface area contributed by atoms with Crippen molar-refractivity contribution in [2.24, 2.45) is 4.99 Å². The summed E-state index contributed by atoms with van der Waals surface area (Å²) in [4.78, 5) is 16.8. The number of Topliss-reactive ketones (excluding diaryl/α,β-unsaturated/α-hetero) is 1. The standard InChI is InChI=1S/C17H18F3NO3S/c1-3-23-9-13-15(22)14(16(24-13)21-10-25-4-2)11-6-5-7-12(8-11)17(18,19)20/h5-9,14H,3-4,10H2,1-2H3. The van der Waals surface area contributed by atoms with Gasteiger partial charge in [0.15, 0.2) is 0 Å². The molecule has 1 saturated heterocycles. The normalized spacial score (nSPS) is 21.0. The average molecular weight is 373 g/mol. The zero-order chi connectivity index (χ0) is 18.4. The third kappa shape index (κ3) is 4.78. The number of hydrogen-bond acceptors (Lipinski definition) is 5. The van der Waals surface area contributed by atoms with Gasteiger partial charge in [-0.25, -0.2) is 4.99 Å². The Morgan fingerprint density at radius 3 is 2.76 bits per heavy atom. The zero-order valence-corrected chi connectivity index (χ0v) is 14.6. The highest BCUT2D eigenvalue weighted by Crippen LogP contribution is 2.35. The predicted octanol–water partition coefficient (Wildman–Crippen LogP) is 4.38. The molecule has 1 aromatic carbocycles. The molecule has 0 N–H and O–H groups in total. The lowest BCUT2D eigenvalue weighted by Crippen LogP contribution is -2.15. The Morgan fingerprint density at radius 1 is 1.36 bits per heavy atom. The molecule has 2 rings (SSSR count). The second-order valence-electron chi connectivity index (χ2n) is 5.08. The van der Waals surface area contributed by atoms with Crippen LogP contribution in [-0.2, 0) is 20.4 Å². The summed E-state index contributed by atoms with van der Waals surface area (Å²) < 4.78 is 49.4. The molecule has 8 heteroatoms. The number of allylic oxidation sites excluding steroid dienone is 1. The van der Waals surface area contributed by atoms with E-state index in [0.717, 1.165) is 17.9 Å². The van der Waals surface area contributed by atoms with Gasteiger partial charge in [0, 0.05) is 0 Å². The summed E-state index contributed by atoms with van der Waals surface area (Å²) in [5, 5.41) is 0.